The van der Waals surface area contributed by atoms with Gasteiger partial charge in [0.1, 0.15) is 0 Å². The van der Waals surface area contributed by atoms with Crippen LogP contribution in [0.2, 0.25) is 0 Å². The number of pyridine rings is 1. The summed E-state index contributed by atoms with van der Waals surface area (Å²) in [6.07, 6.45) is 3.08. The first kappa shape index (κ1) is 9.19. The maximum atomic E-state index is 10.8. The number of aromatic nitrogens is 1. The molecule has 2 rings (SSSR count). The molecule has 1 fully saturated rings. The average Bonchev–Trinajstić information content (AvgIpc) is 3.00. The summed E-state index contributed by atoms with van der Waals surface area (Å²) in [7, 11) is 0. The average molecular weight is 191 g/mol. The van der Waals surface area contributed by atoms with E-state index < -0.39 is 5.97 Å². The first-order valence-electron chi connectivity index (χ1n) is 4.95. The van der Waals surface area contributed by atoms with Gasteiger partial charge in [-0.25, -0.2) is 4.79 Å². The molecule has 3 nitrogen and oxygen atoms in total. The number of carboxylic acid groups (broad SMARTS) is 1. The van der Waals surface area contributed by atoms with Gasteiger partial charge in [0.25, 0.3) is 0 Å². The zero-order valence-corrected chi connectivity index (χ0v) is 8.16. The third-order valence-electron chi connectivity index (χ3n) is 2.56. The van der Waals surface area contributed by atoms with Crippen LogP contribution in [0.5, 0.6) is 0 Å². The molecular weight excluding hydrogens is 178 g/mol. The normalized spacial score (nSPS) is 15.5. The number of hydrogen-bond donors (Lipinski definition) is 1. The zero-order chi connectivity index (χ0) is 10.1. The third-order valence-corrected chi connectivity index (χ3v) is 2.56. The molecule has 0 spiro atoms. The molecule has 0 aliphatic heterocycles. The second-order valence-electron chi connectivity index (χ2n) is 3.66. The highest BCUT2D eigenvalue weighted by atomic mass is 16.4. The number of carboxylic acids is 1. The van der Waals surface area contributed by atoms with Gasteiger partial charge >= 0.3 is 5.97 Å². The summed E-state index contributed by atoms with van der Waals surface area (Å²) in [6, 6.07) is 3.53. The van der Waals surface area contributed by atoms with Gasteiger partial charge in [0.15, 0.2) is 0 Å². The van der Waals surface area contributed by atoms with E-state index in [4.69, 9.17) is 5.11 Å². The molecular formula is C11H13NO2. The second kappa shape index (κ2) is 3.40. The molecule has 74 valence electrons. The predicted octanol–water partition coefficient (Wildman–Crippen LogP) is 2.22. The van der Waals surface area contributed by atoms with Crippen molar-refractivity contribution in [3.8, 4) is 0 Å². The Kier molecular flexibility index (Phi) is 2.23. The Morgan fingerprint density at radius 2 is 2.29 bits per heavy atom. The monoisotopic (exact) mass is 191 g/mol. The van der Waals surface area contributed by atoms with Crippen molar-refractivity contribution in [2.45, 2.75) is 32.1 Å². The molecule has 0 atom stereocenters. The molecule has 0 saturated heterocycles. The number of nitrogens with zero attached hydrogens (tertiary/aromatic N) is 1. The maximum Gasteiger partial charge on any atom is 0.337 e. The summed E-state index contributed by atoms with van der Waals surface area (Å²) in [6.45, 7) is 1.94. The fraction of sp³-hybridized carbons (Fsp3) is 0.455. The molecule has 1 N–H and O–H groups in total. The summed E-state index contributed by atoms with van der Waals surface area (Å²) in [5.74, 6) is -0.292. The molecule has 0 aromatic carbocycles. The van der Waals surface area contributed by atoms with Gasteiger partial charge in [-0.05, 0) is 31.4 Å². The molecule has 1 saturated carbocycles. The van der Waals surface area contributed by atoms with Gasteiger partial charge in [0, 0.05) is 11.6 Å². The highest BCUT2D eigenvalue weighted by Crippen LogP contribution is 2.39. The minimum Gasteiger partial charge on any atom is -0.478 e. The summed E-state index contributed by atoms with van der Waals surface area (Å²) in [4.78, 5) is 15.2. The van der Waals surface area contributed by atoms with Crippen molar-refractivity contribution in [2.24, 2.45) is 0 Å². The molecule has 1 aliphatic rings. The van der Waals surface area contributed by atoms with E-state index in [1.54, 1.807) is 6.07 Å². The SMILES string of the molecule is CCc1nc(C2CC2)ccc1C(=O)O. The van der Waals surface area contributed by atoms with Crippen molar-refractivity contribution in [1.29, 1.82) is 0 Å². The van der Waals surface area contributed by atoms with Crippen LogP contribution < -0.4 is 0 Å². The van der Waals surface area contributed by atoms with E-state index in [1.807, 2.05) is 13.0 Å². The van der Waals surface area contributed by atoms with Crippen LogP contribution in [0.25, 0.3) is 0 Å². The molecule has 0 radical (unpaired) electrons. The second-order valence-corrected chi connectivity index (χ2v) is 3.66. The quantitative estimate of drug-likeness (QED) is 0.796. The standard InChI is InChI=1S/C11H13NO2/c1-2-9-8(11(13)14)5-6-10(12-9)7-3-4-7/h5-7H,2-4H2,1H3,(H,13,14). The van der Waals surface area contributed by atoms with Crippen LogP contribution in [0.15, 0.2) is 12.1 Å². The minimum absolute atomic E-state index is 0.344. The van der Waals surface area contributed by atoms with Crippen molar-refractivity contribution in [2.75, 3.05) is 0 Å². The van der Waals surface area contributed by atoms with Crippen LogP contribution in [0, 0.1) is 0 Å². The number of aromatic carboxylic acids is 1. The molecule has 1 heterocycles. The van der Waals surface area contributed by atoms with E-state index in [0.717, 1.165) is 5.69 Å². The number of rotatable bonds is 3. The Morgan fingerprint density at radius 1 is 1.57 bits per heavy atom. The summed E-state index contributed by atoms with van der Waals surface area (Å²) < 4.78 is 0. The van der Waals surface area contributed by atoms with E-state index in [9.17, 15) is 4.79 Å². The Hall–Kier alpha value is -1.38. The lowest BCUT2D eigenvalue weighted by molar-refractivity contribution is 0.0695. The van der Waals surface area contributed by atoms with E-state index in [-0.39, 0.29) is 0 Å². The lowest BCUT2D eigenvalue weighted by Gasteiger charge is -2.04. The Morgan fingerprint density at radius 3 is 2.79 bits per heavy atom. The Balaban J connectivity index is 2.38. The van der Waals surface area contributed by atoms with Crippen molar-refractivity contribution >= 4 is 5.97 Å². The van der Waals surface area contributed by atoms with Gasteiger partial charge in [-0.1, -0.05) is 6.92 Å². The van der Waals surface area contributed by atoms with E-state index in [1.165, 1.54) is 12.8 Å². The number of carbonyl (C=O) groups is 1. The number of aryl methyl sites for hydroxylation is 1. The summed E-state index contributed by atoms with van der Waals surface area (Å²) in [5, 5.41) is 8.90. The third kappa shape index (κ3) is 1.62. The van der Waals surface area contributed by atoms with Gasteiger partial charge in [-0.15, -0.1) is 0 Å². The fourth-order valence-electron chi connectivity index (χ4n) is 1.59. The molecule has 0 unspecified atom stereocenters. The Bertz CT molecular complexity index is 370. The predicted molar refractivity (Wildman–Crippen MR) is 52.5 cm³/mol. The smallest absolute Gasteiger partial charge is 0.337 e. The van der Waals surface area contributed by atoms with Gasteiger partial charge < -0.3 is 5.11 Å². The molecule has 14 heavy (non-hydrogen) atoms. The summed E-state index contributed by atoms with van der Waals surface area (Å²) in [5.41, 5.74) is 2.12. The molecule has 3 heteroatoms. The van der Waals surface area contributed by atoms with Crippen LogP contribution in [0.4, 0.5) is 0 Å². The van der Waals surface area contributed by atoms with Gasteiger partial charge in [0.05, 0.1) is 11.3 Å². The molecule has 0 amide bonds. The van der Waals surface area contributed by atoms with Crippen molar-refractivity contribution in [3.05, 3.63) is 29.1 Å². The highest BCUT2D eigenvalue weighted by Gasteiger charge is 2.25. The van der Waals surface area contributed by atoms with Crippen LogP contribution in [0.1, 0.15) is 47.4 Å². The van der Waals surface area contributed by atoms with E-state index in [0.29, 0.717) is 23.6 Å². The largest absolute Gasteiger partial charge is 0.478 e. The molecule has 1 aliphatic carbocycles. The fourth-order valence-corrected chi connectivity index (χ4v) is 1.59. The van der Waals surface area contributed by atoms with Gasteiger partial charge in [0.2, 0.25) is 0 Å². The molecule has 1 aromatic heterocycles. The lowest BCUT2D eigenvalue weighted by atomic mass is 10.1. The Labute approximate surface area is 82.8 Å². The van der Waals surface area contributed by atoms with Crippen LogP contribution in [0.3, 0.4) is 0 Å². The van der Waals surface area contributed by atoms with E-state index >= 15 is 0 Å². The lowest BCUT2D eigenvalue weighted by Crippen LogP contribution is -2.05. The van der Waals surface area contributed by atoms with Gasteiger partial charge in [-0.2, -0.15) is 0 Å². The maximum absolute atomic E-state index is 10.8. The van der Waals surface area contributed by atoms with E-state index in [2.05, 4.69) is 4.98 Å². The molecule has 0 bridgehead atoms. The van der Waals surface area contributed by atoms with Crippen LogP contribution >= 0.6 is 0 Å². The first-order valence-corrected chi connectivity index (χ1v) is 4.95. The zero-order valence-electron chi connectivity index (χ0n) is 8.16. The van der Waals surface area contributed by atoms with Crippen molar-refractivity contribution in [3.63, 3.8) is 0 Å². The van der Waals surface area contributed by atoms with Crippen LogP contribution in [-0.2, 0) is 6.42 Å². The van der Waals surface area contributed by atoms with Crippen LogP contribution in [-0.4, -0.2) is 16.1 Å². The highest BCUT2D eigenvalue weighted by molar-refractivity contribution is 5.88. The molecule has 1 aromatic rings. The minimum atomic E-state index is -0.878. The van der Waals surface area contributed by atoms with Crippen molar-refractivity contribution < 1.29 is 9.90 Å². The van der Waals surface area contributed by atoms with Crippen molar-refractivity contribution in [1.82, 2.24) is 4.98 Å². The topological polar surface area (TPSA) is 50.2 Å². The van der Waals surface area contributed by atoms with Gasteiger partial charge in [-0.3, -0.25) is 4.98 Å². The number of hydrogen-bond acceptors (Lipinski definition) is 2. The summed E-state index contributed by atoms with van der Waals surface area (Å²) >= 11 is 0. The first-order chi connectivity index (χ1) is 6.72.